The van der Waals surface area contributed by atoms with Crippen LogP contribution in [0.25, 0.3) is 16.7 Å². The Balaban J connectivity index is 1.81. The summed E-state index contributed by atoms with van der Waals surface area (Å²) >= 11 is 0. The van der Waals surface area contributed by atoms with Gasteiger partial charge in [0.25, 0.3) is 0 Å². The summed E-state index contributed by atoms with van der Waals surface area (Å²) in [7, 11) is 1.80. The molecule has 0 saturated carbocycles. The molecule has 4 aromatic rings. The van der Waals surface area contributed by atoms with Gasteiger partial charge < -0.3 is 0 Å². The van der Waals surface area contributed by atoms with E-state index < -0.39 is 4.92 Å². The van der Waals surface area contributed by atoms with Gasteiger partial charge in [-0.3, -0.25) is 19.5 Å². The van der Waals surface area contributed by atoms with Gasteiger partial charge in [0.2, 0.25) is 0 Å². The molecule has 4 aromatic heterocycles. The zero-order valence-corrected chi connectivity index (χ0v) is 12.2. The molecule has 0 aromatic carbocycles. The Morgan fingerprint density at radius 2 is 2.09 bits per heavy atom. The van der Waals surface area contributed by atoms with E-state index in [1.165, 1.54) is 17.1 Å². The van der Waals surface area contributed by atoms with Gasteiger partial charge >= 0.3 is 5.69 Å². The number of aromatic nitrogens is 8. The number of nitrogens with zero attached hydrogens (tertiary/aromatic N) is 9. The molecule has 116 valence electrons. The van der Waals surface area contributed by atoms with Crippen molar-refractivity contribution in [1.29, 1.82) is 0 Å². The first-order chi connectivity index (χ1) is 11.0. The van der Waals surface area contributed by atoms with Crippen molar-refractivity contribution in [3.8, 4) is 0 Å². The number of hydrogen-bond acceptors (Lipinski definition) is 7. The largest absolute Gasteiger partial charge is 0.307 e. The minimum Gasteiger partial charge on any atom is -0.258 e. The van der Waals surface area contributed by atoms with Gasteiger partial charge in [-0.05, 0) is 6.92 Å². The first kappa shape index (κ1) is 13.3. The molecule has 0 radical (unpaired) electrons. The number of nitro groups is 1. The molecule has 4 rings (SSSR count). The molecule has 0 aliphatic heterocycles. The summed E-state index contributed by atoms with van der Waals surface area (Å²) in [5.41, 5.74) is 1.27. The molecule has 0 bridgehead atoms. The third-order valence-corrected chi connectivity index (χ3v) is 3.65. The minimum atomic E-state index is -0.490. The second kappa shape index (κ2) is 4.56. The van der Waals surface area contributed by atoms with Gasteiger partial charge in [0.15, 0.2) is 17.1 Å². The molecule has 11 heteroatoms. The van der Waals surface area contributed by atoms with Crippen molar-refractivity contribution < 1.29 is 4.92 Å². The van der Waals surface area contributed by atoms with Crippen molar-refractivity contribution in [1.82, 2.24) is 39.1 Å². The lowest BCUT2D eigenvalue weighted by atomic mass is 10.3. The molecule has 11 nitrogen and oxygen atoms in total. The van der Waals surface area contributed by atoms with E-state index in [4.69, 9.17) is 0 Å². The standard InChI is InChI=1S/C12H11N9O2/c1-7(19-5-8(3-15-19)21(22)23)10-16-12-9-4-14-18(2)11(9)13-6-20(12)17-10/h3-7H,1-2H3/t7-/m1/s1. The van der Waals surface area contributed by atoms with Gasteiger partial charge in [0, 0.05) is 7.05 Å². The van der Waals surface area contributed by atoms with Gasteiger partial charge in [-0.1, -0.05) is 0 Å². The predicted octanol–water partition coefficient (Wildman–Crippen LogP) is 0.725. The van der Waals surface area contributed by atoms with Crippen LogP contribution in [0.3, 0.4) is 0 Å². The SMILES string of the molecule is C[C@H](c1nc2c3cnn(C)c3ncn2n1)n1cc([N+](=O)[O-])cn1. The fraction of sp³-hybridized carbons (Fsp3) is 0.250. The van der Waals surface area contributed by atoms with Gasteiger partial charge in [0.05, 0.1) is 16.5 Å². The molecular formula is C12H11N9O2. The van der Waals surface area contributed by atoms with Crippen LogP contribution in [0.1, 0.15) is 18.8 Å². The highest BCUT2D eigenvalue weighted by Crippen LogP contribution is 2.20. The molecule has 0 fully saturated rings. The first-order valence-electron chi connectivity index (χ1n) is 6.76. The lowest BCUT2D eigenvalue weighted by Gasteiger charge is -2.05. The normalized spacial score (nSPS) is 13.0. The predicted molar refractivity (Wildman–Crippen MR) is 77.7 cm³/mol. The molecule has 0 unspecified atom stereocenters. The van der Waals surface area contributed by atoms with Crippen LogP contribution in [0, 0.1) is 10.1 Å². The molecular weight excluding hydrogens is 302 g/mol. The van der Waals surface area contributed by atoms with E-state index in [1.54, 1.807) is 28.8 Å². The van der Waals surface area contributed by atoms with Crippen LogP contribution in [0.5, 0.6) is 0 Å². The van der Waals surface area contributed by atoms with Crippen LogP contribution in [0.2, 0.25) is 0 Å². The highest BCUT2D eigenvalue weighted by atomic mass is 16.6. The summed E-state index contributed by atoms with van der Waals surface area (Å²) < 4.78 is 4.68. The second-order valence-corrected chi connectivity index (χ2v) is 5.10. The highest BCUT2D eigenvalue weighted by Gasteiger charge is 2.19. The van der Waals surface area contributed by atoms with Crippen LogP contribution >= 0.6 is 0 Å². The lowest BCUT2D eigenvalue weighted by molar-refractivity contribution is -0.385. The van der Waals surface area contributed by atoms with Crippen LogP contribution in [-0.4, -0.2) is 44.1 Å². The summed E-state index contributed by atoms with van der Waals surface area (Å²) in [4.78, 5) is 19.1. The smallest absolute Gasteiger partial charge is 0.258 e. The van der Waals surface area contributed by atoms with Crippen molar-refractivity contribution in [3.63, 3.8) is 0 Å². The van der Waals surface area contributed by atoms with E-state index >= 15 is 0 Å². The highest BCUT2D eigenvalue weighted by molar-refractivity contribution is 5.88. The number of fused-ring (bicyclic) bond motifs is 3. The summed E-state index contributed by atoms with van der Waals surface area (Å²) in [6.45, 7) is 1.82. The van der Waals surface area contributed by atoms with Gasteiger partial charge in [-0.2, -0.15) is 10.2 Å². The van der Waals surface area contributed by atoms with Crippen LogP contribution in [-0.2, 0) is 7.05 Å². The van der Waals surface area contributed by atoms with E-state index in [0.717, 1.165) is 5.39 Å². The van der Waals surface area contributed by atoms with E-state index in [2.05, 4.69) is 25.3 Å². The summed E-state index contributed by atoms with van der Waals surface area (Å²) in [6, 6.07) is -0.352. The maximum atomic E-state index is 10.8. The molecule has 0 amide bonds. The Morgan fingerprint density at radius 3 is 2.83 bits per heavy atom. The van der Waals surface area contributed by atoms with Crippen LogP contribution in [0.4, 0.5) is 5.69 Å². The third kappa shape index (κ3) is 1.93. The average Bonchev–Trinajstić information content (AvgIpc) is 3.23. The second-order valence-electron chi connectivity index (χ2n) is 5.10. The Kier molecular flexibility index (Phi) is 2.64. The van der Waals surface area contributed by atoms with Crippen LogP contribution in [0.15, 0.2) is 24.9 Å². The van der Waals surface area contributed by atoms with Gasteiger partial charge in [0.1, 0.15) is 24.8 Å². The molecule has 0 N–H and O–H groups in total. The maximum absolute atomic E-state index is 10.8. The fourth-order valence-electron chi connectivity index (χ4n) is 2.38. The third-order valence-electron chi connectivity index (χ3n) is 3.65. The Hall–Kier alpha value is -3.37. The summed E-state index contributed by atoms with van der Waals surface area (Å²) in [6.07, 6.45) is 5.80. The minimum absolute atomic E-state index is 0.0723. The number of hydrogen-bond donors (Lipinski definition) is 0. The Labute approximate surface area is 128 Å². The average molecular weight is 313 g/mol. The molecule has 0 saturated heterocycles. The number of rotatable bonds is 3. The van der Waals surface area contributed by atoms with Crippen molar-refractivity contribution in [2.24, 2.45) is 7.05 Å². The number of aryl methyl sites for hydroxylation is 1. The monoisotopic (exact) mass is 313 g/mol. The maximum Gasteiger partial charge on any atom is 0.307 e. The first-order valence-corrected chi connectivity index (χ1v) is 6.76. The summed E-state index contributed by atoms with van der Waals surface area (Å²) in [5, 5.41) is 24.1. The van der Waals surface area contributed by atoms with Crippen molar-refractivity contribution in [2.75, 3.05) is 0 Å². The quantitative estimate of drug-likeness (QED) is 0.403. The molecule has 1 atom stereocenters. The van der Waals surface area contributed by atoms with Crippen molar-refractivity contribution in [2.45, 2.75) is 13.0 Å². The topological polar surface area (TPSA) is 122 Å². The zero-order valence-electron chi connectivity index (χ0n) is 12.2. The fourth-order valence-corrected chi connectivity index (χ4v) is 2.38. The molecule has 0 aliphatic rings. The molecule has 0 aliphatic carbocycles. The Bertz CT molecular complexity index is 1040. The van der Waals surface area contributed by atoms with E-state index in [1.807, 2.05) is 6.92 Å². The molecule has 23 heavy (non-hydrogen) atoms. The summed E-state index contributed by atoms with van der Waals surface area (Å²) in [5.74, 6) is 0.487. The van der Waals surface area contributed by atoms with Gasteiger partial charge in [-0.15, -0.1) is 5.10 Å². The van der Waals surface area contributed by atoms with Crippen molar-refractivity contribution in [3.05, 3.63) is 40.9 Å². The van der Waals surface area contributed by atoms with Crippen LogP contribution < -0.4 is 0 Å². The molecule has 4 heterocycles. The molecule has 0 spiro atoms. The van der Waals surface area contributed by atoms with E-state index in [9.17, 15) is 10.1 Å². The Morgan fingerprint density at radius 1 is 1.26 bits per heavy atom. The van der Waals surface area contributed by atoms with E-state index in [0.29, 0.717) is 17.1 Å². The van der Waals surface area contributed by atoms with E-state index in [-0.39, 0.29) is 11.7 Å². The zero-order chi connectivity index (χ0) is 16.1. The van der Waals surface area contributed by atoms with Gasteiger partial charge in [-0.25, -0.2) is 14.5 Å². The van der Waals surface area contributed by atoms with Crippen molar-refractivity contribution >= 4 is 22.4 Å². The lowest BCUT2D eigenvalue weighted by Crippen LogP contribution is -2.09.